The predicted octanol–water partition coefficient (Wildman–Crippen LogP) is 2.36. The second-order valence-electron chi connectivity index (χ2n) is 3.86. The minimum absolute atomic E-state index is 0.121. The highest BCUT2D eigenvalue weighted by molar-refractivity contribution is 5.45. The van der Waals surface area contributed by atoms with Crippen LogP contribution in [-0.2, 0) is 0 Å². The molecular weight excluding hydrogens is 254 g/mol. The van der Waals surface area contributed by atoms with E-state index >= 15 is 0 Å². The van der Waals surface area contributed by atoms with Gasteiger partial charge >= 0.3 is 12.3 Å². The molecule has 7 heteroatoms. The first kappa shape index (κ1) is 12.9. The van der Waals surface area contributed by atoms with Crippen LogP contribution >= 0.6 is 0 Å². The summed E-state index contributed by atoms with van der Waals surface area (Å²) in [6.45, 7) is 0.628. The molecule has 1 unspecified atom stereocenters. The van der Waals surface area contributed by atoms with E-state index in [0.29, 0.717) is 12.4 Å². The number of hydrogen-bond donors (Lipinski definition) is 1. The Morgan fingerprint density at radius 3 is 2.33 bits per heavy atom. The minimum atomic E-state index is -4.29. The van der Waals surface area contributed by atoms with Gasteiger partial charge in [0.05, 0.1) is 0 Å². The number of ether oxygens (including phenoxy) is 2. The Hall–Kier alpha value is -1.50. The average Bonchev–Trinajstić information content (AvgIpc) is 2.37. The second kappa shape index (κ2) is 4.64. The van der Waals surface area contributed by atoms with Gasteiger partial charge in [-0.05, 0) is 17.7 Å². The van der Waals surface area contributed by atoms with E-state index in [-0.39, 0.29) is 17.9 Å². The molecule has 0 aromatic heterocycles. The zero-order valence-corrected chi connectivity index (χ0v) is 9.21. The Morgan fingerprint density at radius 1 is 1.11 bits per heavy atom. The maximum atomic E-state index is 13.1. The van der Waals surface area contributed by atoms with Gasteiger partial charge in [-0.1, -0.05) is 6.07 Å². The molecule has 1 aliphatic rings. The smallest absolute Gasteiger partial charge is 0.326 e. The van der Waals surface area contributed by atoms with Crippen molar-refractivity contribution in [1.82, 2.24) is 0 Å². The first-order valence-electron chi connectivity index (χ1n) is 5.24. The van der Waals surface area contributed by atoms with Crippen molar-refractivity contribution in [2.24, 2.45) is 5.73 Å². The Kier molecular flexibility index (Phi) is 3.34. The highest BCUT2D eigenvalue weighted by atomic mass is 19.3. The zero-order chi connectivity index (χ0) is 13.3. The van der Waals surface area contributed by atoms with Gasteiger partial charge < -0.3 is 15.2 Å². The van der Waals surface area contributed by atoms with Crippen molar-refractivity contribution >= 4 is 0 Å². The molecule has 2 N–H and O–H groups in total. The first-order chi connectivity index (χ1) is 8.43. The third kappa shape index (κ3) is 2.22. The highest BCUT2D eigenvalue weighted by Gasteiger charge is 2.47. The van der Waals surface area contributed by atoms with Crippen molar-refractivity contribution < 1.29 is 27.0 Å². The standard InChI is InChI=1S/C11H11F4NO2/c12-10(13)11(14,15)9(16)6-1-2-7-8(5-6)18-4-3-17-7/h1-2,5,9-10H,3-4,16H2. The summed E-state index contributed by atoms with van der Waals surface area (Å²) < 4.78 is 61.0. The van der Waals surface area contributed by atoms with Crippen molar-refractivity contribution in [3.8, 4) is 11.5 Å². The summed E-state index contributed by atoms with van der Waals surface area (Å²) in [7, 11) is 0. The summed E-state index contributed by atoms with van der Waals surface area (Å²) in [4.78, 5) is 0. The van der Waals surface area contributed by atoms with Gasteiger partial charge in [-0.25, -0.2) is 8.78 Å². The molecule has 0 amide bonds. The molecule has 1 aliphatic heterocycles. The van der Waals surface area contributed by atoms with Gasteiger partial charge in [-0.15, -0.1) is 0 Å². The quantitative estimate of drug-likeness (QED) is 0.853. The first-order valence-corrected chi connectivity index (χ1v) is 5.24. The van der Waals surface area contributed by atoms with Crippen molar-refractivity contribution in [1.29, 1.82) is 0 Å². The van der Waals surface area contributed by atoms with Crippen LogP contribution in [0.4, 0.5) is 17.6 Å². The SMILES string of the molecule is NC(c1ccc2c(c1)OCCO2)C(F)(F)C(F)F. The molecule has 0 saturated carbocycles. The lowest BCUT2D eigenvalue weighted by Crippen LogP contribution is -2.39. The molecule has 0 spiro atoms. The minimum Gasteiger partial charge on any atom is -0.486 e. The molecule has 18 heavy (non-hydrogen) atoms. The molecule has 0 radical (unpaired) electrons. The largest absolute Gasteiger partial charge is 0.486 e. The number of rotatable bonds is 3. The lowest BCUT2D eigenvalue weighted by Gasteiger charge is -2.25. The van der Waals surface area contributed by atoms with E-state index in [1.165, 1.54) is 18.2 Å². The zero-order valence-electron chi connectivity index (χ0n) is 9.21. The second-order valence-corrected chi connectivity index (χ2v) is 3.86. The van der Waals surface area contributed by atoms with Crippen LogP contribution in [0.3, 0.4) is 0 Å². The van der Waals surface area contributed by atoms with Crippen molar-refractivity contribution in [2.75, 3.05) is 13.2 Å². The molecule has 0 aliphatic carbocycles. The van der Waals surface area contributed by atoms with Gasteiger partial charge in [0, 0.05) is 0 Å². The molecule has 100 valence electrons. The van der Waals surface area contributed by atoms with E-state index in [9.17, 15) is 17.6 Å². The fraction of sp³-hybridized carbons (Fsp3) is 0.455. The average molecular weight is 265 g/mol. The molecule has 0 saturated heterocycles. The van der Waals surface area contributed by atoms with Crippen LogP contribution in [0.5, 0.6) is 11.5 Å². The molecule has 1 atom stereocenters. The van der Waals surface area contributed by atoms with Crippen LogP contribution in [0.1, 0.15) is 11.6 Å². The molecule has 1 aromatic carbocycles. The third-order valence-electron chi connectivity index (χ3n) is 2.63. The van der Waals surface area contributed by atoms with Gasteiger partial charge in [0.25, 0.3) is 0 Å². The summed E-state index contributed by atoms with van der Waals surface area (Å²) in [6, 6.07) is 1.73. The lowest BCUT2D eigenvalue weighted by molar-refractivity contribution is -0.144. The highest BCUT2D eigenvalue weighted by Crippen LogP contribution is 2.38. The van der Waals surface area contributed by atoms with E-state index in [2.05, 4.69) is 0 Å². The van der Waals surface area contributed by atoms with Crippen molar-refractivity contribution in [3.05, 3.63) is 23.8 Å². The van der Waals surface area contributed by atoms with E-state index < -0.39 is 18.4 Å². The molecule has 1 heterocycles. The number of halogens is 4. The number of fused-ring (bicyclic) bond motifs is 1. The number of nitrogens with two attached hydrogens (primary N) is 1. The predicted molar refractivity (Wildman–Crippen MR) is 55.3 cm³/mol. The summed E-state index contributed by atoms with van der Waals surface area (Å²) in [5, 5.41) is 0. The van der Waals surface area contributed by atoms with Gasteiger partial charge in [0.2, 0.25) is 0 Å². The number of hydrogen-bond acceptors (Lipinski definition) is 3. The van der Waals surface area contributed by atoms with E-state index in [1.54, 1.807) is 0 Å². The van der Waals surface area contributed by atoms with Gasteiger partial charge in [-0.3, -0.25) is 0 Å². The van der Waals surface area contributed by atoms with Gasteiger partial charge in [0.15, 0.2) is 11.5 Å². The summed E-state index contributed by atoms with van der Waals surface area (Å²) in [5.74, 6) is -3.67. The molecular formula is C11H11F4NO2. The normalized spacial score (nSPS) is 16.8. The Labute approximate surface area is 100 Å². The molecule has 0 bridgehead atoms. The molecule has 2 rings (SSSR count). The fourth-order valence-corrected chi connectivity index (χ4v) is 1.61. The Morgan fingerprint density at radius 2 is 1.72 bits per heavy atom. The van der Waals surface area contributed by atoms with Crippen LogP contribution in [0.15, 0.2) is 18.2 Å². The number of alkyl halides is 4. The van der Waals surface area contributed by atoms with E-state index in [1.807, 2.05) is 0 Å². The Balaban J connectivity index is 2.28. The summed E-state index contributed by atoms with van der Waals surface area (Å²) in [6.07, 6.45) is -3.82. The van der Waals surface area contributed by atoms with E-state index in [4.69, 9.17) is 15.2 Å². The molecule has 3 nitrogen and oxygen atoms in total. The summed E-state index contributed by atoms with van der Waals surface area (Å²) >= 11 is 0. The Bertz CT molecular complexity index is 439. The van der Waals surface area contributed by atoms with Crippen LogP contribution in [0, 0.1) is 0 Å². The fourth-order valence-electron chi connectivity index (χ4n) is 1.61. The maximum absolute atomic E-state index is 13.1. The van der Waals surface area contributed by atoms with Gasteiger partial charge in [0.1, 0.15) is 19.3 Å². The molecule has 0 fully saturated rings. The molecule has 1 aromatic rings. The van der Waals surface area contributed by atoms with Crippen molar-refractivity contribution in [2.45, 2.75) is 18.4 Å². The topological polar surface area (TPSA) is 44.5 Å². The van der Waals surface area contributed by atoms with Crippen LogP contribution < -0.4 is 15.2 Å². The number of benzene rings is 1. The third-order valence-corrected chi connectivity index (χ3v) is 2.63. The van der Waals surface area contributed by atoms with Gasteiger partial charge in [-0.2, -0.15) is 8.78 Å². The van der Waals surface area contributed by atoms with Crippen LogP contribution in [0.25, 0.3) is 0 Å². The van der Waals surface area contributed by atoms with Crippen LogP contribution in [0.2, 0.25) is 0 Å². The lowest BCUT2D eigenvalue weighted by atomic mass is 10.0. The monoisotopic (exact) mass is 265 g/mol. The van der Waals surface area contributed by atoms with Crippen molar-refractivity contribution in [3.63, 3.8) is 0 Å². The van der Waals surface area contributed by atoms with E-state index in [0.717, 1.165) is 0 Å². The maximum Gasteiger partial charge on any atom is 0.326 e. The van der Waals surface area contributed by atoms with Crippen LogP contribution in [-0.4, -0.2) is 25.6 Å². The summed E-state index contributed by atoms with van der Waals surface area (Å²) in [5.41, 5.74) is 5.06.